The molecule has 0 unspecified atom stereocenters. The molecule has 1 aromatic heterocycles. The monoisotopic (exact) mass is 286 g/mol. The summed E-state index contributed by atoms with van der Waals surface area (Å²) in [6, 6.07) is 0.835. The lowest BCUT2D eigenvalue weighted by Gasteiger charge is -2.24. The van der Waals surface area contributed by atoms with E-state index < -0.39 is 17.3 Å². The Bertz CT molecular complexity index is 405. The van der Waals surface area contributed by atoms with Crippen LogP contribution in [-0.2, 0) is 6.18 Å². The number of hydrogen-bond donors (Lipinski definition) is 1. The number of hydrogen-bond acceptors (Lipinski definition) is 2. The minimum Gasteiger partial charge on any atom is -0.363 e. The van der Waals surface area contributed by atoms with Gasteiger partial charge in [-0.3, -0.25) is 0 Å². The maximum Gasteiger partial charge on any atom is 0.417 e. The van der Waals surface area contributed by atoms with Crippen LogP contribution in [0.5, 0.6) is 0 Å². The highest BCUT2D eigenvalue weighted by Crippen LogP contribution is 2.33. The van der Waals surface area contributed by atoms with E-state index in [-0.39, 0.29) is 16.7 Å². The van der Waals surface area contributed by atoms with Crippen LogP contribution in [0.3, 0.4) is 0 Å². The van der Waals surface area contributed by atoms with Gasteiger partial charge in [0.15, 0.2) is 0 Å². The van der Waals surface area contributed by atoms with Crippen molar-refractivity contribution in [2.24, 2.45) is 0 Å². The average molecular weight is 287 g/mol. The third-order valence-corrected chi connectivity index (χ3v) is 2.92. The second-order valence-corrected chi connectivity index (χ2v) is 4.87. The van der Waals surface area contributed by atoms with Crippen LogP contribution in [0.15, 0.2) is 12.3 Å². The zero-order valence-electron chi connectivity index (χ0n) is 9.20. The topological polar surface area (TPSA) is 24.9 Å². The van der Waals surface area contributed by atoms with Crippen molar-refractivity contribution in [2.75, 3.05) is 11.2 Å². The number of halogens is 5. The van der Waals surface area contributed by atoms with Crippen LogP contribution in [0.25, 0.3) is 0 Å². The zero-order chi connectivity index (χ0) is 13.3. The van der Waals surface area contributed by atoms with Gasteiger partial charge < -0.3 is 5.32 Å². The normalized spacial score (nSPS) is 12.6. The quantitative estimate of drug-likeness (QED) is 0.843. The van der Waals surface area contributed by atoms with Gasteiger partial charge in [-0.2, -0.15) is 13.2 Å². The molecule has 0 fully saturated rings. The van der Waals surface area contributed by atoms with Crippen LogP contribution in [0, 0.1) is 0 Å². The predicted octanol–water partition coefficient (Wildman–Crippen LogP) is 4.18. The maximum atomic E-state index is 12.4. The Morgan fingerprint density at radius 2 is 1.94 bits per heavy atom. The van der Waals surface area contributed by atoms with Gasteiger partial charge in [-0.25, -0.2) is 4.98 Å². The van der Waals surface area contributed by atoms with Crippen LogP contribution in [0.4, 0.5) is 19.0 Å². The molecule has 2 nitrogen and oxygen atoms in total. The van der Waals surface area contributed by atoms with Crippen LogP contribution >= 0.6 is 23.2 Å². The lowest BCUT2D eigenvalue weighted by atomic mass is 10.1. The first-order chi connectivity index (χ1) is 7.65. The molecule has 0 amide bonds. The molecule has 96 valence electrons. The molecule has 1 N–H and O–H groups in total. The minimum atomic E-state index is -4.45. The molecule has 0 radical (unpaired) electrons. The fourth-order valence-electron chi connectivity index (χ4n) is 1.04. The van der Waals surface area contributed by atoms with Gasteiger partial charge in [0.2, 0.25) is 0 Å². The molecule has 17 heavy (non-hydrogen) atoms. The van der Waals surface area contributed by atoms with Gasteiger partial charge in [0, 0.05) is 17.6 Å². The highest BCUT2D eigenvalue weighted by atomic mass is 35.5. The van der Waals surface area contributed by atoms with Gasteiger partial charge in [0.05, 0.1) is 10.6 Å². The lowest BCUT2D eigenvalue weighted by Crippen LogP contribution is -2.33. The standard InChI is InChI=1S/C10H11Cl2F3N2/c1-9(2,5-11)17-8-7(12)3-6(4-16-8)10(13,14)15/h3-4H,5H2,1-2H3,(H,16,17). The molecule has 1 heterocycles. The Morgan fingerprint density at radius 3 is 2.35 bits per heavy atom. The second-order valence-electron chi connectivity index (χ2n) is 4.19. The molecular formula is C10H11Cl2F3N2. The first-order valence-electron chi connectivity index (χ1n) is 4.72. The summed E-state index contributed by atoms with van der Waals surface area (Å²) >= 11 is 11.4. The van der Waals surface area contributed by atoms with E-state index in [4.69, 9.17) is 23.2 Å². The van der Waals surface area contributed by atoms with Gasteiger partial charge in [-0.05, 0) is 19.9 Å². The van der Waals surface area contributed by atoms with Crippen molar-refractivity contribution in [3.8, 4) is 0 Å². The van der Waals surface area contributed by atoms with Crippen LogP contribution in [0.2, 0.25) is 5.02 Å². The van der Waals surface area contributed by atoms with Crippen molar-refractivity contribution in [3.63, 3.8) is 0 Å². The third-order valence-electron chi connectivity index (χ3n) is 1.96. The van der Waals surface area contributed by atoms with Crippen molar-refractivity contribution < 1.29 is 13.2 Å². The van der Waals surface area contributed by atoms with E-state index in [9.17, 15) is 13.2 Å². The van der Waals surface area contributed by atoms with Crippen molar-refractivity contribution in [1.29, 1.82) is 0 Å². The molecule has 1 aromatic rings. The summed E-state index contributed by atoms with van der Waals surface area (Å²) in [5.41, 5.74) is -1.38. The van der Waals surface area contributed by atoms with Crippen molar-refractivity contribution in [3.05, 3.63) is 22.8 Å². The molecule has 7 heteroatoms. The molecule has 0 aromatic carbocycles. The smallest absolute Gasteiger partial charge is 0.363 e. The first-order valence-corrected chi connectivity index (χ1v) is 5.64. The highest BCUT2D eigenvalue weighted by Gasteiger charge is 2.32. The number of nitrogens with zero attached hydrogens (tertiary/aromatic N) is 1. The molecule has 0 saturated carbocycles. The van der Waals surface area contributed by atoms with Gasteiger partial charge >= 0.3 is 6.18 Å². The second kappa shape index (κ2) is 4.90. The zero-order valence-corrected chi connectivity index (χ0v) is 10.7. The van der Waals surface area contributed by atoms with Gasteiger partial charge in [-0.15, -0.1) is 11.6 Å². The summed E-state index contributed by atoms with van der Waals surface area (Å²) in [4.78, 5) is 3.66. The largest absolute Gasteiger partial charge is 0.417 e. The fourth-order valence-corrected chi connectivity index (χ4v) is 1.32. The van der Waals surface area contributed by atoms with Crippen molar-refractivity contribution in [1.82, 2.24) is 4.98 Å². The number of anilines is 1. The number of pyridine rings is 1. The SMILES string of the molecule is CC(C)(CCl)Nc1ncc(C(F)(F)F)cc1Cl. The van der Waals surface area contributed by atoms with Crippen molar-refractivity contribution in [2.45, 2.75) is 25.6 Å². The predicted molar refractivity (Wildman–Crippen MR) is 62.7 cm³/mol. The molecular weight excluding hydrogens is 276 g/mol. The summed E-state index contributed by atoms with van der Waals surface area (Å²) in [5.74, 6) is 0.455. The Hall–Kier alpha value is -0.680. The van der Waals surface area contributed by atoms with E-state index in [1.54, 1.807) is 13.8 Å². The molecule has 0 atom stereocenters. The third kappa shape index (κ3) is 3.92. The molecule has 0 aliphatic carbocycles. The average Bonchev–Trinajstić information content (AvgIpc) is 2.19. The van der Waals surface area contributed by atoms with Crippen molar-refractivity contribution >= 4 is 29.0 Å². The Kier molecular flexibility index (Phi) is 4.15. The summed E-state index contributed by atoms with van der Waals surface area (Å²) in [5, 5.41) is 2.79. The summed E-state index contributed by atoms with van der Waals surface area (Å²) < 4.78 is 37.1. The Balaban J connectivity index is 2.99. The van der Waals surface area contributed by atoms with Gasteiger partial charge in [-0.1, -0.05) is 11.6 Å². The van der Waals surface area contributed by atoms with E-state index >= 15 is 0 Å². The Labute approximate surface area is 107 Å². The number of nitrogens with one attached hydrogen (secondary N) is 1. The van der Waals surface area contributed by atoms with E-state index in [1.807, 2.05) is 0 Å². The number of aromatic nitrogens is 1. The molecule has 1 rings (SSSR count). The molecule has 0 saturated heterocycles. The first kappa shape index (κ1) is 14.4. The highest BCUT2D eigenvalue weighted by molar-refractivity contribution is 6.33. The number of alkyl halides is 4. The van der Waals surface area contributed by atoms with Crippen LogP contribution in [-0.4, -0.2) is 16.4 Å². The van der Waals surface area contributed by atoms with E-state index in [0.717, 1.165) is 12.3 Å². The minimum absolute atomic E-state index is 0.0852. The van der Waals surface area contributed by atoms with Gasteiger partial charge in [0.25, 0.3) is 0 Å². The van der Waals surface area contributed by atoms with E-state index in [1.165, 1.54) is 0 Å². The lowest BCUT2D eigenvalue weighted by molar-refractivity contribution is -0.137. The molecule has 0 aliphatic rings. The molecule has 0 spiro atoms. The van der Waals surface area contributed by atoms with E-state index in [2.05, 4.69) is 10.3 Å². The maximum absolute atomic E-state index is 12.4. The summed E-state index contributed by atoms with van der Waals surface area (Å²) in [6.45, 7) is 3.57. The number of rotatable bonds is 3. The van der Waals surface area contributed by atoms with E-state index in [0.29, 0.717) is 0 Å². The van der Waals surface area contributed by atoms with Gasteiger partial charge in [0.1, 0.15) is 5.82 Å². The van der Waals surface area contributed by atoms with Crippen LogP contribution in [0.1, 0.15) is 19.4 Å². The summed E-state index contributed by atoms with van der Waals surface area (Å²) in [6.07, 6.45) is -3.71. The molecule has 0 aliphatic heterocycles. The van der Waals surface area contributed by atoms with Crippen LogP contribution < -0.4 is 5.32 Å². The fraction of sp³-hybridized carbons (Fsp3) is 0.500. The Morgan fingerprint density at radius 1 is 1.35 bits per heavy atom. The molecule has 0 bridgehead atoms. The summed E-state index contributed by atoms with van der Waals surface area (Å²) in [7, 11) is 0.